The van der Waals surface area contributed by atoms with E-state index in [9.17, 15) is 13.6 Å². The molecule has 4 heteroatoms. The van der Waals surface area contributed by atoms with Gasteiger partial charge in [0.2, 0.25) is 0 Å². The summed E-state index contributed by atoms with van der Waals surface area (Å²) in [6.45, 7) is 0. The molecule has 0 aromatic heterocycles. The first-order valence-electron chi connectivity index (χ1n) is 4.65. The maximum absolute atomic E-state index is 13.1. The number of halogens is 2. The number of rotatable bonds is 4. The molecule has 15 heavy (non-hydrogen) atoms. The Labute approximate surface area is 86.9 Å². The number of carbonyl (C=O) groups is 1. The number of hydrogen-bond donors (Lipinski definition) is 0. The van der Waals surface area contributed by atoms with Crippen LogP contribution in [0.5, 0.6) is 0 Å². The van der Waals surface area contributed by atoms with Gasteiger partial charge in [0.15, 0.2) is 0 Å². The van der Waals surface area contributed by atoms with Crippen molar-refractivity contribution in [3.8, 4) is 0 Å². The molecule has 0 aliphatic rings. The third-order valence-corrected chi connectivity index (χ3v) is 2.10. The number of hydrogen-bond acceptors (Lipinski definition) is 2. The van der Waals surface area contributed by atoms with Gasteiger partial charge in [-0.15, -0.1) is 0 Å². The molecule has 0 heterocycles. The van der Waals surface area contributed by atoms with Gasteiger partial charge in [0.05, 0.1) is 7.11 Å². The Bertz CT molecular complexity index is 330. The van der Waals surface area contributed by atoms with Crippen molar-refractivity contribution >= 4 is 5.97 Å². The zero-order valence-corrected chi connectivity index (χ0v) is 8.43. The first kappa shape index (κ1) is 11.6. The van der Waals surface area contributed by atoms with Gasteiger partial charge in [-0.2, -0.15) is 0 Å². The second-order valence-electron chi connectivity index (χ2n) is 3.13. The van der Waals surface area contributed by atoms with Gasteiger partial charge in [0, 0.05) is 12.0 Å². The van der Waals surface area contributed by atoms with Crippen molar-refractivity contribution in [1.29, 1.82) is 0 Å². The zero-order chi connectivity index (χ0) is 11.3. The van der Waals surface area contributed by atoms with Crippen LogP contribution in [0.2, 0.25) is 0 Å². The number of methoxy groups -OCH3 is 1. The molecule has 0 atom stereocenters. The summed E-state index contributed by atoms with van der Waals surface area (Å²) in [6.07, 6.45) is 0.752. The molecule has 0 unspecified atom stereocenters. The normalized spacial score (nSPS) is 10.1. The minimum absolute atomic E-state index is 0.0291. The molecule has 0 aliphatic heterocycles. The highest BCUT2D eigenvalue weighted by Gasteiger charge is 2.08. The van der Waals surface area contributed by atoms with Crippen molar-refractivity contribution in [2.45, 2.75) is 19.3 Å². The monoisotopic (exact) mass is 214 g/mol. The molecule has 1 rings (SSSR count). The lowest BCUT2D eigenvalue weighted by Gasteiger charge is -2.03. The summed E-state index contributed by atoms with van der Waals surface area (Å²) in [5, 5.41) is 0. The molecule has 0 amide bonds. The van der Waals surface area contributed by atoms with Gasteiger partial charge in [-0.25, -0.2) is 8.78 Å². The zero-order valence-electron chi connectivity index (χ0n) is 8.43. The molecule has 1 aromatic carbocycles. The standard InChI is InChI=1S/C11H12F2O2/c1-15-11(14)7-2-4-8-9(12)5-3-6-10(8)13/h3,5-6H,2,4,7H2,1H3. The second-order valence-corrected chi connectivity index (χ2v) is 3.13. The van der Waals surface area contributed by atoms with Crippen molar-refractivity contribution in [2.75, 3.05) is 7.11 Å². The smallest absolute Gasteiger partial charge is 0.305 e. The number of carbonyl (C=O) groups excluding carboxylic acids is 1. The average Bonchev–Trinajstić information content (AvgIpc) is 2.22. The predicted octanol–water partition coefficient (Wildman–Crippen LogP) is 2.46. The Morgan fingerprint density at radius 2 is 1.93 bits per heavy atom. The van der Waals surface area contributed by atoms with Gasteiger partial charge in [-0.1, -0.05) is 6.07 Å². The van der Waals surface area contributed by atoms with E-state index in [0.29, 0.717) is 6.42 Å². The van der Waals surface area contributed by atoms with E-state index in [2.05, 4.69) is 4.74 Å². The predicted molar refractivity (Wildman–Crippen MR) is 51.3 cm³/mol. The van der Waals surface area contributed by atoms with Crippen LogP contribution in [-0.2, 0) is 16.0 Å². The van der Waals surface area contributed by atoms with E-state index in [1.165, 1.54) is 25.3 Å². The van der Waals surface area contributed by atoms with Gasteiger partial charge in [0.1, 0.15) is 11.6 Å². The lowest BCUT2D eigenvalue weighted by atomic mass is 10.1. The fraction of sp³-hybridized carbons (Fsp3) is 0.364. The van der Waals surface area contributed by atoms with Crippen LogP contribution in [0.3, 0.4) is 0 Å². The van der Waals surface area contributed by atoms with Crippen LogP contribution in [0.4, 0.5) is 8.78 Å². The summed E-state index contributed by atoms with van der Waals surface area (Å²) in [4.78, 5) is 10.8. The number of esters is 1. The van der Waals surface area contributed by atoms with Crippen molar-refractivity contribution in [2.24, 2.45) is 0 Å². The largest absolute Gasteiger partial charge is 0.469 e. The summed E-state index contributed by atoms with van der Waals surface area (Å²) in [5.74, 6) is -1.51. The maximum atomic E-state index is 13.1. The van der Waals surface area contributed by atoms with Crippen molar-refractivity contribution in [3.63, 3.8) is 0 Å². The Morgan fingerprint density at radius 1 is 1.33 bits per heavy atom. The summed E-state index contributed by atoms with van der Waals surface area (Å²) < 4.78 is 30.6. The summed E-state index contributed by atoms with van der Waals surface area (Å²) in [7, 11) is 1.28. The van der Waals surface area contributed by atoms with E-state index >= 15 is 0 Å². The molecule has 0 radical (unpaired) electrons. The first-order valence-corrected chi connectivity index (χ1v) is 4.65. The van der Waals surface area contributed by atoms with E-state index in [1.807, 2.05) is 0 Å². The molecular weight excluding hydrogens is 202 g/mol. The van der Waals surface area contributed by atoms with Crippen LogP contribution >= 0.6 is 0 Å². The lowest BCUT2D eigenvalue weighted by Crippen LogP contribution is -2.02. The van der Waals surface area contributed by atoms with E-state index in [1.54, 1.807) is 0 Å². The molecule has 0 saturated heterocycles. The van der Waals surface area contributed by atoms with Crippen molar-refractivity contribution in [1.82, 2.24) is 0 Å². The maximum Gasteiger partial charge on any atom is 0.305 e. The molecule has 0 bridgehead atoms. The second kappa shape index (κ2) is 5.44. The average molecular weight is 214 g/mol. The van der Waals surface area contributed by atoms with E-state index in [0.717, 1.165) is 0 Å². The Hall–Kier alpha value is -1.45. The van der Waals surface area contributed by atoms with Crippen molar-refractivity contribution in [3.05, 3.63) is 35.4 Å². The van der Waals surface area contributed by atoms with Crippen LogP contribution in [0.15, 0.2) is 18.2 Å². The van der Waals surface area contributed by atoms with Crippen LogP contribution in [0.1, 0.15) is 18.4 Å². The molecule has 0 fully saturated rings. The fourth-order valence-corrected chi connectivity index (χ4v) is 1.28. The molecule has 1 aromatic rings. The number of ether oxygens (including phenoxy) is 1. The summed E-state index contributed by atoms with van der Waals surface area (Å²) in [5.41, 5.74) is 0.0291. The van der Waals surface area contributed by atoms with Crippen LogP contribution < -0.4 is 0 Å². The van der Waals surface area contributed by atoms with Crippen molar-refractivity contribution < 1.29 is 18.3 Å². The van der Waals surface area contributed by atoms with Crippen LogP contribution in [-0.4, -0.2) is 13.1 Å². The molecule has 0 spiro atoms. The van der Waals surface area contributed by atoms with Gasteiger partial charge in [-0.3, -0.25) is 4.79 Å². The topological polar surface area (TPSA) is 26.3 Å². The molecule has 0 saturated carbocycles. The van der Waals surface area contributed by atoms with Gasteiger partial charge < -0.3 is 4.74 Å². The minimum Gasteiger partial charge on any atom is -0.469 e. The van der Waals surface area contributed by atoms with E-state index < -0.39 is 11.6 Å². The van der Waals surface area contributed by atoms with Crippen LogP contribution in [0.25, 0.3) is 0 Å². The third kappa shape index (κ3) is 3.31. The van der Waals surface area contributed by atoms with Crippen LogP contribution in [0, 0.1) is 11.6 Å². The van der Waals surface area contributed by atoms with Gasteiger partial charge in [0.25, 0.3) is 0 Å². The third-order valence-electron chi connectivity index (χ3n) is 2.10. The summed E-state index contributed by atoms with van der Waals surface area (Å²) in [6, 6.07) is 3.72. The minimum atomic E-state index is -0.570. The lowest BCUT2D eigenvalue weighted by molar-refractivity contribution is -0.140. The molecular formula is C11H12F2O2. The molecule has 82 valence electrons. The van der Waals surface area contributed by atoms with E-state index in [-0.39, 0.29) is 24.4 Å². The highest BCUT2D eigenvalue weighted by Crippen LogP contribution is 2.14. The van der Waals surface area contributed by atoms with E-state index in [4.69, 9.17) is 0 Å². The van der Waals surface area contributed by atoms with Gasteiger partial charge >= 0.3 is 5.97 Å². The quantitative estimate of drug-likeness (QED) is 0.719. The highest BCUT2D eigenvalue weighted by atomic mass is 19.1. The highest BCUT2D eigenvalue weighted by molar-refractivity contribution is 5.69. The Kier molecular flexibility index (Phi) is 4.21. The number of benzene rings is 1. The summed E-state index contributed by atoms with van der Waals surface area (Å²) >= 11 is 0. The Morgan fingerprint density at radius 3 is 2.47 bits per heavy atom. The van der Waals surface area contributed by atoms with Gasteiger partial charge in [-0.05, 0) is 25.0 Å². The Balaban J connectivity index is 2.54. The molecule has 2 nitrogen and oxygen atoms in total. The fourth-order valence-electron chi connectivity index (χ4n) is 1.28. The molecule has 0 aliphatic carbocycles. The SMILES string of the molecule is COC(=O)CCCc1c(F)cccc1F. The molecule has 0 N–H and O–H groups in total. The first-order chi connectivity index (χ1) is 7.15.